The van der Waals surface area contributed by atoms with E-state index < -0.39 is 0 Å². The summed E-state index contributed by atoms with van der Waals surface area (Å²) in [4.78, 5) is 26.0. The van der Waals surface area contributed by atoms with Crippen LogP contribution < -0.4 is 10.1 Å². The highest BCUT2D eigenvalue weighted by Crippen LogP contribution is 2.21. The van der Waals surface area contributed by atoms with Gasteiger partial charge >= 0.3 is 0 Å². The molecular formula is C17H24N2O5. The summed E-state index contributed by atoms with van der Waals surface area (Å²) in [7, 11) is 3.01. The Labute approximate surface area is 141 Å². The molecule has 2 atom stereocenters. The minimum absolute atomic E-state index is 0.0128. The first kappa shape index (κ1) is 18.2. The molecule has 0 bridgehead atoms. The summed E-state index contributed by atoms with van der Waals surface area (Å²) in [6, 6.07) is 6.83. The second kappa shape index (κ2) is 8.65. The minimum Gasteiger partial charge on any atom is -0.497 e. The number of aliphatic hydroxyl groups is 1. The van der Waals surface area contributed by atoms with Gasteiger partial charge in [-0.15, -0.1) is 0 Å². The molecule has 0 aliphatic carbocycles. The lowest BCUT2D eigenvalue weighted by atomic mass is 9.92. The number of likely N-dealkylation sites (tertiary alicyclic amines) is 1. The lowest BCUT2D eigenvalue weighted by Crippen LogP contribution is -2.54. The van der Waals surface area contributed by atoms with Gasteiger partial charge in [0.15, 0.2) is 0 Å². The zero-order valence-electron chi connectivity index (χ0n) is 14.0. The number of benzene rings is 1. The Hall–Kier alpha value is -2.12. The van der Waals surface area contributed by atoms with E-state index in [0.717, 1.165) is 0 Å². The highest BCUT2D eigenvalue weighted by atomic mass is 16.5. The van der Waals surface area contributed by atoms with E-state index in [2.05, 4.69) is 5.32 Å². The number of hydrogen-bond acceptors (Lipinski definition) is 5. The van der Waals surface area contributed by atoms with E-state index in [1.165, 1.54) is 7.11 Å². The smallest absolute Gasteiger partial charge is 0.254 e. The van der Waals surface area contributed by atoms with Crippen LogP contribution in [-0.4, -0.2) is 68.4 Å². The Morgan fingerprint density at radius 2 is 2.17 bits per heavy atom. The van der Waals surface area contributed by atoms with Gasteiger partial charge in [-0.25, -0.2) is 0 Å². The van der Waals surface area contributed by atoms with Crippen molar-refractivity contribution in [1.29, 1.82) is 0 Å². The summed E-state index contributed by atoms with van der Waals surface area (Å²) >= 11 is 0. The SMILES string of the molecule is COCC(=O)N[C@@H]1CCN(C(=O)c2cccc(OC)c2)C[C@@H]1CO. The number of aliphatic hydroxyl groups excluding tert-OH is 1. The first-order valence-corrected chi connectivity index (χ1v) is 7.91. The van der Waals surface area contributed by atoms with Gasteiger partial charge in [0.25, 0.3) is 5.91 Å². The number of carbonyl (C=O) groups excluding carboxylic acids is 2. The zero-order chi connectivity index (χ0) is 17.5. The van der Waals surface area contributed by atoms with Crippen LogP contribution in [0.5, 0.6) is 5.75 Å². The summed E-state index contributed by atoms with van der Waals surface area (Å²) in [6.07, 6.45) is 0.594. The molecule has 1 aliphatic rings. The van der Waals surface area contributed by atoms with Crippen molar-refractivity contribution < 1.29 is 24.2 Å². The van der Waals surface area contributed by atoms with Crippen molar-refractivity contribution in [3.8, 4) is 5.75 Å². The molecular weight excluding hydrogens is 312 g/mol. The first-order valence-electron chi connectivity index (χ1n) is 7.91. The molecule has 2 rings (SSSR count). The molecule has 0 saturated carbocycles. The fourth-order valence-corrected chi connectivity index (χ4v) is 2.91. The number of nitrogens with one attached hydrogen (secondary N) is 1. The van der Waals surface area contributed by atoms with E-state index in [0.29, 0.717) is 30.8 Å². The first-order chi connectivity index (χ1) is 11.6. The van der Waals surface area contributed by atoms with Crippen molar-refractivity contribution in [3.63, 3.8) is 0 Å². The topological polar surface area (TPSA) is 88.1 Å². The van der Waals surface area contributed by atoms with Crippen molar-refractivity contribution in [1.82, 2.24) is 10.2 Å². The molecule has 2 N–H and O–H groups in total. The molecule has 1 heterocycles. The predicted molar refractivity (Wildman–Crippen MR) is 87.9 cm³/mol. The summed E-state index contributed by atoms with van der Waals surface area (Å²) in [5.74, 6) is 0.109. The lowest BCUT2D eigenvalue weighted by Gasteiger charge is -2.38. The number of rotatable bonds is 6. The molecule has 1 aromatic rings. The number of nitrogens with zero attached hydrogens (tertiary/aromatic N) is 1. The lowest BCUT2D eigenvalue weighted by molar-refractivity contribution is -0.126. The molecule has 7 heteroatoms. The van der Waals surface area contributed by atoms with Crippen molar-refractivity contribution in [3.05, 3.63) is 29.8 Å². The monoisotopic (exact) mass is 336 g/mol. The minimum atomic E-state index is -0.214. The van der Waals surface area contributed by atoms with Gasteiger partial charge in [0.05, 0.1) is 7.11 Å². The molecule has 0 spiro atoms. The van der Waals surface area contributed by atoms with E-state index >= 15 is 0 Å². The normalized spacial score (nSPS) is 20.5. The van der Waals surface area contributed by atoms with E-state index in [-0.39, 0.29) is 37.0 Å². The van der Waals surface area contributed by atoms with Crippen LogP contribution >= 0.6 is 0 Å². The average molecular weight is 336 g/mol. The van der Waals surface area contributed by atoms with Crippen molar-refractivity contribution in [2.45, 2.75) is 12.5 Å². The summed E-state index contributed by atoms with van der Waals surface area (Å²) in [5.41, 5.74) is 0.549. The molecule has 2 amide bonds. The van der Waals surface area contributed by atoms with E-state index in [1.54, 1.807) is 36.3 Å². The van der Waals surface area contributed by atoms with Gasteiger partial charge in [-0.1, -0.05) is 6.07 Å². The fourth-order valence-electron chi connectivity index (χ4n) is 2.91. The Kier molecular flexibility index (Phi) is 6.57. The Morgan fingerprint density at radius 3 is 2.83 bits per heavy atom. The number of amides is 2. The van der Waals surface area contributed by atoms with Crippen LogP contribution in [0.25, 0.3) is 0 Å². The molecule has 132 valence electrons. The molecule has 1 aliphatic heterocycles. The van der Waals surface area contributed by atoms with Crippen LogP contribution in [0, 0.1) is 5.92 Å². The Balaban J connectivity index is 2.01. The summed E-state index contributed by atoms with van der Waals surface area (Å²) < 4.78 is 9.95. The van der Waals surface area contributed by atoms with Crippen LogP contribution in [0.4, 0.5) is 0 Å². The predicted octanol–water partition coefficient (Wildman–Crippen LogP) is 0.281. The average Bonchev–Trinajstić information content (AvgIpc) is 2.61. The number of carbonyl (C=O) groups is 2. The molecule has 0 unspecified atom stereocenters. The number of hydrogen-bond donors (Lipinski definition) is 2. The summed E-state index contributed by atoms with van der Waals surface area (Å²) in [5, 5.41) is 12.5. The second-order valence-corrected chi connectivity index (χ2v) is 5.82. The molecule has 1 saturated heterocycles. The third kappa shape index (κ3) is 4.46. The van der Waals surface area contributed by atoms with Gasteiger partial charge in [-0.2, -0.15) is 0 Å². The van der Waals surface area contributed by atoms with Gasteiger partial charge in [0.1, 0.15) is 12.4 Å². The third-order valence-electron chi connectivity index (χ3n) is 4.19. The van der Waals surface area contributed by atoms with Gasteiger partial charge in [-0.3, -0.25) is 9.59 Å². The van der Waals surface area contributed by atoms with E-state index in [1.807, 2.05) is 0 Å². The quantitative estimate of drug-likeness (QED) is 0.779. The number of piperidine rings is 1. The molecule has 1 fully saturated rings. The Morgan fingerprint density at radius 1 is 1.38 bits per heavy atom. The molecule has 0 radical (unpaired) electrons. The third-order valence-corrected chi connectivity index (χ3v) is 4.19. The molecule has 1 aromatic carbocycles. The maximum absolute atomic E-state index is 12.6. The van der Waals surface area contributed by atoms with Gasteiger partial charge in [0.2, 0.25) is 5.91 Å². The van der Waals surface area contributed by atoms with Gasteiger partial charge in [-0.05, 0) is 24.6 Å². The van der Waals surface area contributed by atoms with Crippen molar-refractivity contribution in [2.24, 2.45) is 5.92 Å². The van der Waals surface area contributed by atoms with E-state index in [9.17, 15) is 14.7 Å². The van der Waals surface area contributed by atoms with Crippen molar-refractivity contribution in [2.75, 3.05) is 40.5 Å². The van der Waals surface area contributed by atoms with Crippen LogP contribution in [-0.2, 0) is 9.53 Å². The maximum Gasteiger partial charge on any atom is 0.254 e. The summed E-state index contributed by atoms with van der Waals surface area (Å²) in [6.45, 7) is 0.801. The van der Waals surface area contributed by atoms with Crippen molar-refractivity contribution >= 4 is 11.8 Å². The standard InChI is InChI=1S/C17H24N2O5/c1-23-11-16(21)18-15-6-7-19(9-13(15)10-20)17(22)12-4-3-5-14(8-12)24-2/h3-5,8,13,15,20H,6-7,9-11H2,1-2H3,(H,18,21)/t13-,15-/m1/s1. The second-order valence-electron chi connectivity index (χ2n) is 5.82. The van der Waals surface area contributed by atoms with Gasteiger partial charge < -0.3 is 24.8 Å². The highest BCUT2D eigenvalue weighted by Gasteiger charge is 2.32. The largest absolute Gasteiger partial charge is 0.497 e. The number of methoxy groups -OCH3 is 2. The van der Waals surface area contributed by atoms with Crippen LogP contribution in [0.3, 0.4) is 0 Å². The van der Waals surface area contributed by atoms with Crippen LogP contribution in [0.15, 0.2) is 24.3 Å². The maximum atomic E-state index is 12.6. The van der Waals surface area contributed by atoms with Crippen LogP contribution in [0.1, 0.15) is 16.8 Å². The molecule has 0 aromatic heterocycles. The zero-order valence-corrected chi connectivity index (χ0v) is 14.0. The van der Waals surface area contributed by atoms with Crippen LogP contribution in [0.2, 0.25) is 0 Å². The van der Waals surface area contributed by atoms with E-state index in [4.69, 9.17) is 9.47 Å². The molecule has 7 nitrogen and oxygen atoms in total. The molecule has 24 heavy (non-hydrogen) atoms. The Bertz CT molecular complexity index is 578. The van der Waals surface area contributed by atoms with Gasteiger partial charge in [0, 0.05) is 44.3 Å². The fraction of sp³-hybridized carbons (Fsp3) is 0.529. The highest BCUT2D eigenvalue weighted by molar-refractivity contribution is 5.94. The number of ether oxygens (including phenoxy) is 2.